The van der Waals surface area contributed by atoms with E-state index in [0.717, 1.165) is 11.9 Å². The minimum absolute atomic E-state index is 0. The number of nitroso groups, excluding NO2 is 1. The third-order valence-electron chi connectivity index (χ3n) is 5.95. The van der Waals surface area contributed by atoms with Crippen LogP contribution in [-0.4, -0.2) is 97.1 Å². The summed E-state index contributed by atoms with van der Waals surface area (Å²) >= 11 is 0. The molecule has 198 valence electrons. The highest BCUT2D eigenvalue weighted by atomic mass is 35.5. The molecule has 0 aliphatic carbocycles. The van der Waals surface area contributed by atoms with E-state index in [4.69, 9.17) is 5.84 Å². The van der Waals surface area contributed by atoms with Gasteiger partial charge in [-0.05, 0) is 38.0 Å². The van der Waals surface area contributed by atoms with E-state index in [1.54, 1.807) is 0 Å². The number of carbonyl (C=O) groups excluding carboxylic acids is 3. The summed E-state index contributed by atoms with van der Waals surface area (Å²) in [5.74, 6) is 3.99. The average molecular weight is 537 g/mol. The number of piperidine rings is 1. The van der Waals surface area contributed by atoms with E-state index in [2.05, 4.69) is 14.7 Å². The SMILES string of the molecule is CC(C)CC(N=S(=O)=O)C(=O)N1CCC[C@H]1C(=O)N(C(=O)N(C)N=O)C1CCN(C=NN)CC1.Cl. The van der Waals surface area contributed by atoms with E-state index < -0.39 is 46.5 Å². The molecule has 2 rings (SSSR count). The predicted octanol–water partition coefficient (Wildman–Crippen LogP) is 0.805. The number of nitrogens with two attached hydrogens (primary N) is 1. The summed E-state index contributed by atoms with van der Waals surface area (Å²) in [6, 6.07) is -3.51. The van der Waals surface area contributed by atoms with Crippen molar-refractivity contribution in [3.05, 3.63) is 4.91 Å². The van der Waals surface area contributed by atoms with Crippen molar-refractivity contribution in [1.82, 2.24) is 19.7 Å². The molecule has 0 bridgehead atoms. The van der Waals surface area contributed by atoms with Crippen LogP contribution < -0.4 is 5.84 Å². The van der Waals surface area contributed by atoms with Gasteiger partial charge >= 0.3 is 16.5 Å². The van der Waals surface area contributed by atoms with Crippen LogP contribution in [0.5, 0.6) is 0 Å². The van der Waals surface area contributed by atoms with Crippen molar-refractivity contribution in [1.29, 1.82) is 0 Å². The molecule has 2 fully saturated rings. The van der Waals surface area contributed by atoms with Gasteiger partial charge in [-0.1, -0.05) is 13.8 Å². The average Bonchev–Trinajstić information content (AvgIpc) is 3.28. The molecule has 2 aliphatic rings. The number of amides is 4. The molecule has 2 atom stereocenters. The van der Waals surface area contributed by atoms with Gasteiger partial charge in [0.2, 0.25) is 5.91 Å². The van der Waals surface area contributed by atoms with E-state index in [9.17, 15) is 27.7 Å². The number of nitrogens with zero attached hydrogens (tertiary/aromatic N) is 7. The van der Waals surface area contributed by atoms with Gasteiger partial charge in [-0.2, -0.15) is 22.9 Å². The van der Waals surface area contributed by atoms with Crippen LogP contribution >= 0.6 is 12.4 Å². The first-order chi connectivity index (χ1) is 16.1. The second-order valence-corrected chi connectivity index (χ2v) is 9.43. The summed E-state index contributed by atoms with van der Waals surface area (Å²) in [7, 11) is -1.63. The lowest BCUT2D eigenvalue weighted by Gasteiger charge is -2.39. The molecule has 2 N–H and O–H groups in total. The van der Waals surface area contributed by atoms with Crippen molar-refractivity contribution in [2.24, 2.45) is 26.5 Å². The molecule has 0 spiro atoms. The second-order valence-electron chi connectivity index (χ2n) is 8.79. The molecule has 0 aromatic heterocycles. The Hall–Kier alpha value is -2.81. The highest BCUT2D eigenvalue weighted by Gasteiger charge is 2.44. The minimum atomic E-state index is -2.79. The van der Waals surface area contributed by atoms with Gasteiger partial charge in [0.1, 0.15) is 18.4 Å². The summed E-state index contributed by atoms with van der Waals surface area (Å²) in [5, 5.41) is 6.66. The summed E-state index contributed by atoms with van der Waals surface area (Å²) in [4.78, 5) is 55.0. The molecule has 0 aromatic rings. The van der Waals surface area contributed by atoms with Gasteiger partial charge in [-0.15, -0.1) is 17.3 Å². The third-order valence-corrected chi connectivity index (χ3v) is 6.38. The van der Waals surface area contributed by atoms with Gasteiger partial charge in [0.15, 0.2) is 0 Å². The van der Waals surface area contributed by atoms with Gasteiger partial charge in [-0.3, -0.25) is 14.5 Å². The van der Waals surface area contributed by atoms with Gasteiger partial charge in [0.25, 0.3) is 5.91 Å². The first-order valence-electron chi connectivity index (χ1n) is 11.1. The lowest BCUT2D eigenvalue weighted by molar-refractivity contribution is -0.144. The number of halogens is 1. The molecule has 4 amide bonds. The zero-order valence-electron chi connectivity index (χ0n) is 20.0. The van der Waals surface area contributed by atoms with Crippen LogP contribution in [0.2, 0.25) is 0 Å². The van der Waals surface area contributed by atoms with Crippen LogP contribution in [0.1, 0.15) is 46.0 Å². The van der Waals surface area contributed by atoms with E-state index in [0.29, 0.717) is 43.8 Å². The molecule has 1 unspecified atom stereocenters. The molecule has 0 aromatic carbocycles. The van der Waals surface area contributed by atoms with Crippen LogP contribution in [0.4, 0.5) is 4.79 Å². The van der Waals surface area contributed by atoms with Crippen LogP contribution in [0.25, 0.3) is 0 Å². The predicted molar refractivity (Wildman–Crippen MR) is 130 cm³/mol. The topological polar surface area (TPSA) is 178 Å². The maximum absolute atomic E-state index is 13.6. The second kappa shape index (κ2) is 13.9. The first kappa shape index (κ1) is 30.2. The maximum atomic E-state index is 13.6. The van der Waals surface area contributed by atoms with E-state index >= 15 is 0 Å². The Balaban J connectivity index is 0.00000612. The third kappa shape index (κ3) is 7.85. The van der Waals surface area contributed by atoms with Crippen LogP contribution in [0.3, 0.4) is 0 Å². The highest BCUT2D eigenvalue weighted by molar-refractivity contribution is 7.61. The summed E-state index contributed by atoms with van der Waals surface area (Å²) in [5.41, 5.74) is 0. The zero-order chi connectivity index (χ0) is 25.4. The fourth-order valence-corrected chi connectivity index (χ4v) is 4.74. The van der Waals surface area contributed by atoms with Crippen molar-refractivity contribution >= 4 is 47.1 Å². The minimum Gasteiger partial charge on any atom is -0.361 e. The van der Waals surface area contributed by atoms with E-state index in [1.165, 1.54) is 11.2 Å². The van der Waals surface area contributed by atoms with Gasteiger partial charge in [0, 0.05) is 32.7 Å². The van der Waals surface area contributed by atoms with Crippen LogP contribution in [0, 0.1) is 10.8 Å². The fourth-order valence-electron chi connectivity index (χ4n) is 4.35. The van der Waals surface area contributed by atoms with E-state index in [-0.39, 0.29) is 31.3 Å². The lowest BCUT2D eigenvalue weighted by atomic mass is 10.0. The van der Waals surface area contributed by atoms with Gasteiger partial charge in [0.05, 0.1) is 5.29 Å². The molecule has 35 heavy (non-hydrogen) atoms. The molecule has 0 saturated carbocycles. The Morgan fingerprint density at radius 3 is 2.29 bits per heavy atom. The Kier molecular flexibility index (Phi) is 12.0. The van der Waals surface area contributed by atoms with E-state index in [1.807, 2.05) is 18.7 Å². The highest BCUT2D eigenvalue weighted by Crippen LogP contribution is 2.26. The number of imide groups is 1. The molecule has 0 radical (unpaired) electrons. The normalized spacial score (nSPS) is 19.3. The fraction of sp³-hybridized carbons (Fsp3) is 0.789. The van der Waals surface area contributed by atoms with Gasteiger partial charge in [-0.25, -0.2) is 4.79 Å². The number of rotatable bonds is 8. The zero-order valence-corrected chi connectivity index (χ0v) is 21.7. The number of hydrogen-bond donors (Lipinski definition) is 1. The Morgan fingerprint density at radius 1 is 1.14 bits per heavy atom. The monoisotopic (exact) mass is 536 g/mol. The number of carbonyl (C=O) groups is 3. The number of hydrogen-bond acceptors (Lipinski definition) is 10. The molecular weight excluding hydrogens is 504 g/mol. The largest absolute Gasteiger partial charge is 0.361 e. The van der Waals surface area contributed by atoms with Crippen LogP contribution in [0.15, 0.2) is 14.7 Å². The standard InChI is InChI=1S/C19H32N8O6S.ClH/c1-13(2)11-15(22-34(32)33)17(28)26-8-4-5-16(26)18(29)27(19(30)24(3)23-31)14-6-9-25(10-7-14)12-21-20;/h12-16H,4-11,20H2,1-3H3;1H/t15?,16-;/m0./s1. The van der Waals surface area contributed by atoms with Crippen molar-refractivity contribution in [2.45, 2.75) is 64.1 Å². The summed E-state index contributed by atoms with van der Waals surface area (Å²) in [6.07, 6.45) is 3.31. The number of likely N-dealkylation sites (tertiary alicyclic amines) is 2. The molecular formula is C19H33ClN8O6S. The summed E-state index contributed by atoms with van der Waals surface area (Å²) in [6.45, 7) is 4.87. The van der Waals surface area contributed by atoms with Crippen molar-refractivity contribution in [2.75, 3.05) is 26.7 Å². The van der Waals surface area contributed by atoms with Crippen molar-refractivity contribution in [3.63, 3.8) is 0 Å². The number of urea groups is 1. The van der Waals surface area contributed by atoms with Crippen LogP contribution in [-0.2, 0) is 20.1 Å². The molecule has 16 heteroatoms. The summed E-state index contributed by atoms with van der Waals surface area (Å²) < 4.78 is 25.9. The quantitative estimate of drug-likeness (QED) is 0.155. The van der Waals surface area contributed by atoms with Crippen molar-refractivity contribution in [3.8, 4) is 0 Å². The molecule has 14 nitrogen and oxygen atoms in total. The molecule has 2 aliphatic heterocycles. The number of hydrazone groups is 1. The Bertz CT molecular complexity index is 930. The molecule has 2 heterocycles. The van der Waals surface area contributed by atoms with Gasteiger partial charge < -0.3 is 15.6 Å². The van der Waals surface area contributed by atoms with Crippen molar-refractivity contribution < 1.29 is 22.8 Å². The first-order valence-corrected chi connectivity index (χ1v) is 12.2. The maximum Gasteiger partial charge on any atom is 0.349 e. The smallest absolute Gasteiger partial charge is 0.349 e. The Morgan fingerprint density at radius 2 is 1.77 bits per heavy atom. The lowest BCUT2D eigenvalue weighted by Crippen LogP contribution is -2.58. The Labute approximate surface area is 211 Å². The molecule has 2 saturated heterocycles.